The minimum Gasteiger partial charge on any atom is -0.0654 e. The lowest BCUT2D eigenvalue weighted by atomic mass is 9.74. The summed E-state index contributed by atoms with van der Waals surface area (Å²) in [6.45, 7) is 15.1. The van der Waals surface area contributed by atoms with Crippen molar-refractivity contribution in [2.24, 2.45) is 82.9 Å². The Morgan fingerprint density at radius 3 is 2.09 bits per heavy atom. The van der Waals surface area contributed by atoms with Gasteiger partial charge in [0.1, 0.15) is 0 Å². The minimum atomic E-state index is 0.912. The van der Waals surface area contributed by atoms with Crippen LogP contribution in [0, 0.1) is 82.9 Å². The average Bonchev–Trinajstić information content (AvgIpc) is 3.55. The van der Waals surface area contributed by atoms with Gasteiger partial charge >= 0.3 is 0 Å². The SMILES string of the molecule is CCCCCCCC1C(C)CC2CC(C3CC4CC(C(C)C)C5C(C(C)CC)CC3C45)CC21. The highest BCUT2D eigenvalue weighted by Crippen LogP contribution is 2.70. The summed E-state index contributed by atoms with van der Waals surface area (Å²) in [6, 6.07) is 0. The Morgan fingerprint density at radius 2 is 1.36 bits per heavy atom. The van der Waals surface area contributed by atoms with E-state index in [0.717, 1.165) is 82.9 Å². The Balaban J connectivity index is 1.24. The van der Waals surface area contributed by atoms with Crippen LogP contribution in [0.1, 0.15) is 125 Å². The van der Waals surface area contributed by atoms with Crippen molar-refractivity contribution < 1.29 is 0 Å². The summed E-state index contributed by atoms with van der Waals surface area (Å²) in [4.78, 5) is 0. The zero-order valence-electron chi connectivity index (χ0n) is 23.3. The molecule has 13 atom stereocenters. The topological polar surface area (TPSA) is 0 Å². The molecule has 5 rings (SSSR count). The van der Waals surface area contributed by atoms with Crippen LogP contribution in [0.4, 0.5) is 0 Å². The monoisotopic (exact) mass is 454 g/mol. The summed E-state index contributed by atoms with van der Waals surface area (Å²) >= 11 is 0. The van der Waals surface area contributed by atoms with Gasteiger partial charge < -0.3 is 0 Å². The number of rotatable bonds is 10. The van der Waals surface area contributed by atoms with Crippen LogP contribution in [0.25, 0.3) is 0 Å². The Kier molecular flexibility index (Phi) is 7.60. The molecule has 0 aromatic rings. The molecule has 0 aliphatic heterocycles. The van der Waals surface area contributed by atoms with Crippen LogP contribution in [-0.4, -0.2) is 0 Å². The molecule has 5 aliphatic carbocycles. The lowest BCUT2D eigenvalue weighted by Crippen LogP contribution is -2.26. The van der Waals surface area contributed by atoms with Gasteiger partial charge in [0, 0.05) is 0 Å². The van der Waals surface area contributed by atoms with Gasteiger partial charge in [-0.25, -0.2) is 0 Å². The highest BCUT2D eigenvalue weighted by atomic mass is 14.7. The minimum absolute atomic E-state index is 0.912. The Bertz CT molecular complexity index is 634. The molecule has 0 nitrogen and oxygen atoms in total. The van der Waals surface area contributed by atoms with E-state index in [1.54, 1.807) is 44.9 Å². The molecule has 0 bridgehead atoms. The van der Waals surface area contributed by atoms with E-state index in [9.17, 15) is 0 Å². The summed E-state index contributed by atoms with van der Waals surface area (Å²) in [5, 5.41) is 0. The first-order valence-electron chi connectivity index (χ1n) is 15.9. The van der Waals surface area contributed by atoms with Crippen molar-refractivity contribution in [3.05, 3.63) is 0 Å². The molecule has 0 amide bonds. The molecular weight excluding hydrogens is 396 g/mol. The fraction of sp³-hybridized carbons (Fsp3) is 1.00. The maximum atomic E-state index is 2.62. The molecule has 0 spiro atoms. The number of unbranched alkanes of at least 4 members (excludes halogenated alkanes) is 4. The lowest BCUT2D eigenvalue weighted by Gasteiger charge is -2.31. The standard InChI is InChI=1S/C33H58/c1-7-9-10-11-12-13-26-22(6)14-23-15-24(16-29(23)26)30-18-25-17-27(20(3)4)33-28(21(5)8-2)19-31(30)32(25)33/h20-33H,7-19H2,1-6H3. The van der Waals surface area contributed by atoms with Crippen LogP contribution in [0.5, 0.6) is 0 Å². The average molecular weight is 455 g/mol. The lowest BCUT2D eigenvalue weighted by molar-refractivity contribution is 0.167. The number of hydrogen-bond acceptors (Lipinski definition) is 0. The number of hydrogen-bond donors (Lipinski definition) is 0. The quantitative estimate of drug-likeness (QED) is 0.288. The second kappa shape index (κ2) is 10.2. The highest BCUT2D eigenvalue weighted by Gasteiger charge is 2.63. The van der Waals surface area contributed by atoms with Crippen molar-refractivity contribution in [2.75, 3.05) is 0 Å². The summed E-state index contributed by atoms with van der Waals surface area (Å²) < 4.78 is 0. The van der Waals surface area contributed by atoms with Crippen LogP contribution >= 0.6 is 0 Å². The first-order chi connectivity index (χ1) is 15.9. The Labute approximate surface area is 207 Å². The van der Waals surface area contributed by atoms with Gasteiger partial charge in [-0.05, 0) is 128 Å². The third-order valence-electron chi connectivity index (χ3n) is 12.9. The van der Waals surface area contributed by atoms with Gasteiger partial charge in [0.2, 0.25) is 0 Å². The molecule has 0 heterocycles. The second-order valence-electron chi connectivity index (χ2n) is 14.6. The molecule has 0 saturated heterocycles. The van der Waals surface area contributed by atoms with E-state index < -0.39 is 0 Å². The van der Waals surface area contributed by atoms with E-state index in [1.165, 1.54) is 38.5 Å². The maximum absolute atomic E-state index is 2.62. The van der Waals surface area contributed by atoms with Crippen LogP contribution in [-0.2, 0) is 0 Å². The summed E-state index contributed by atoms with van der Waals surface area (Å²) in [6.07, 6.45) is 20.0. The molecule has 5 aliphatic rings. The van der Waals surface area contributed by atoms with Gasteiger partial charge in [0.15, 0.2) is 0 Å². The molecule has 13 unspecified atom stereocenters. The second-order valence-corrected chi connectivity index (χ2v) is 14.6. The van der Waals surface area contributed by atoms with E-state index >= 15 is 0 Å². The van der Waals surface area contributed by atoms with Crippen molar-refractivity contribution in [1.29, 1.82) is 0 Å². The zero-order chi connectivity index (χ0) is 23.3. The molecule has 5 fully saturated rings. The van der Waals surface area contributed by atoms with Gasteiger partial charge in [-0.2, -0.15) is 0 Å². The summed E-state index contributed by atoms with van der Waals surface area (Å²) in [5.41, 5.74) is 0. The van der Waals surface area contributed by atoms with E-state index in [2.05, 4.69) is 41.5 Å². The fourth-order valence-corrected chi connectivity index (χ4v) is 11.4. The first kappa shape index (κ1) is 24.7. The van der Waals surface area contributed by atoms with Crippen molar-refractivity contribution in [1.82, 2.24) is 0 Å². The first-order valence-corrected chi connectivity index (χ1v) is 15.9. The van der Waals surface area contributed by atoms with Gasteiger partial charge in [0.05, 0.1) is 0 Å². The predicted octanol–water partition coefficient (Wildman–Crippen LogP) is 9.87. The van der Waals surface area contributed by atoms with Crippen LogP contribution in [0.2, 0.25) is 0 Å². The van der Waals surface area contributed by atoms with Crippen molar-refractivity contribution in [3.8, 4) is 0 Å². The predicted molar refractivity (Wildman–Crippen MR) is 143 cm³/mol. The van der Waals surface area contributed by atoms with Crippen molar-refractivity contribution in [3.63, 3.8) is 0 Å². The van der Waals surface area contributed by atoms with Gasteiger partial charge in [-0.3, -0.25) is 0 Å². The largest absolute Gasteiger partial charge is 0.0654 e. The molecule has 33 heavy (non-hydrogen) atoms. The Morgan fingerprint density at radius 1 is 0.636 bits per heavy atom. The molecule has 5 saturated carbocycles. The third-order valence-corrected chi connectivity index (χ3v) is 12.9. The van der Waals surface area contributed by atoms with E-state index in [4.69, 9.17) is 0 Å². The Hall–Kier alpha value is 0. The molecule has 0 aromatic carbocycles. The van der Waals surface area contributed by atoms with Gasteiger partial charge in [-0.15, -0.1) is 0 Å². The molecular formula is C33H58. The van der Waals surface area contributed by atoms with Gasteiger partial charge in [-0.1, -0.05) is 80.1 Å². The van der Waals surface area contributed by atoms with E-state index in [-0.39, 0.29) is 0 Å². The highest BCUT2D eigenvalue weighted by molar-refractivity contribution is 5.11. The molecule has 0 heteroatoms. The zero-order valence-corrected chi connectivity index (χ0v) is 23.3. The molecule has 0 aromatic heterocycles. The normalized spacial score (nSPS) is 49.2. The number of fused-ring (bicyclic) bond motifs is 1. The molecule has 190 valence electrons. The van der Waals surface area contributed by atoms with Crippen molar-refractivity contribution in [2.45, 2.75) is 125 Å². The third kappa shape index (κ3) is 4.39. The molecule has 0 N–H and O–H groups in total. The van der Waals surface area contributed by atoms with Gasteiger partial charge in [0.25, 0.3) is 0 Å². The smallest absolute Gasteiger partial charge is 0.0318 e. The van der Waals surface area contributed by atoms with Crippen molar-refractivity contribution >= 4 is 0 Å². The van der Waals surface area contributed by atoms with E-state index in [1.807, 2.05) is 0 Å². The fourth-order valence-electron chi connectivity index (χ4n) is 11.4. The van der Waals surface area contributed by atoms with Crippen LogP contribution in [0.3, 0.4) is 0 Å². The summed E-state index contributed by atoms with van der Waals surface area (Å²) in [7, 11) is 0. The van der Waals surface area contributed by atoms with Crippen LogP contribution < -0.4 is 0 Å². The van der Waals surface area contributed by atoms with Crippen LogP contribution in [0.15, 0.2) is 0 Å². The maximum Gasteiger partial charge on any atom is -0.0318 e. The van der Waals surface area contributed by atoms with E-state index in [0.29, 0.717) is 0 Å². The molecule has 0 radical (unpaired) electrons. The summed E-state index contributed by atoms with van der Waals surface area (Å²) in [5.74, 6) is 15.0.